The average Bonchev–Trinajstić information content (AvgIpc) is 2.81. The Balaban J connectivity index is 2.32. The molecule has 0 amide bonds. The van der Waals surface area contributed by atoms with E-state index in [9.17, 15) is 0 Å². The van der Waals surface area contributed by atoms with Crippen LogP contribution < -0.4 is 0 Å². The van der Waals surface area contributed by atoms with Crippen molar-refractivity contribution in [1.29, 1.82) is 0 Å². The number of aryl methyl sites for hydroxylation is 1. The molecule has 0 saturated carbocycles. The van der Waals surface area contributed by atoms with Crippen LogP contribution in [-0.4, -0.2) is 14.8 Å². The van der Waals surface area contributed by atoms with E-state index in [0.717, 1.165) is 25.2 Å². The van der Waals surface area contributed by atoms with Gasteiger partial charge in [0.05, 0.1) is 0 Å². The molecule has 1 aromatic carbocycles. The maximum Gasteiger partial charge on any atom is 0.140 e. The predicted molar refractivity (Wildman–Crippen MR) is 68.9 cm³/mol. The molecule has 90 valence electrons. The minimum atomic E-state index is 0.352. The summed E-state index contributed by atoms with van der Waals surface area (Å²) in [4.78, 5) is 0. The first-order valence-electron chi connectivity index (χ1n) is 6.29. The van der Waals surface area contributed by atoms with Crippen LogP contribution in [-0.2, 0) is 6.54 Å². The van der Waals surface area contributed by atoms with Gasteiger partial charge in [0.15, 0.2) is 0 Å². The summed E-state index contributed by atoms with van der Waals surface area (Å²) in [5.74, 6) is 1.44. The highest BCUT2D eigenvalue weighted by Gasteiger charge is 2.17. The molecule has 3 nitrogen and oxygen atoms in total. The van der Waals surface area contributed by atoms with Crippen LogP contribution in [0.25, 0.3) is 0 Å². The SMILES string of the molecule is CCCn1cnnc1C(CC)c1ccccc1. The fraction of sp³-hybridized carbons (Fsp3) is 0.429. The van der Waals surface area contributed by atoms with Gasteiger partial charge in [-0.15, -0.1) is 10.2 Å². The molecule has 1 atom stereocenters. The van der Waals surface area contributed by atoms with Crippen molar-refractivity contribution in [3.63, 3.8) is 0 Å². The van der Waals surface area contributed by atoms with E-state index in [1.54, 1.807) is 0 Å². The number of aromatic nitrogens is 3. The summed E-state index contributed by atoms with van der Waals surface area (Å²) in [5.41, 5.74) is 1.32. The van der Waals surface area contributed by atoms with Gasteiger partial charge in [0.25, 0.3) is 0 Å². The van der Waals surface area contributed by atoms with Crippen LogP contribution in [0.4, 0.5) is 0 Å². The Bertz CT molecular complexity index is 448. The van der Waals surface area contributed by atoms with Crippen molar-refractivity contribution in [2.45, 2.75) is 39.2 Å². The van der Waals surface area contributed by atoms with Crippen LogP contribution in [0.3, 0.4) is 0 Å². The number of benzene rings is 1. The first kappa shape index (κ1) is 11.8. The van der Waals surface area contributed by atoms with Crippen molar-refractivity contribution in [3.05, 3.63) is 48.0 Å². The summed E-state index contributed by atoms with van der Waals surface area (Å²) < 4.78 is 2.17. The fourth-order valence-corrected chi connectivity index (χ4v) is 2.20. The Morgan fingerprint density at radius 1 is 1.18 bits per heavy atom. The maximum absolute atomic E-state index is 4.30. The molecule has 1 aromatic heterocycles. The van der Waals surface area contributed by atoms with Crippen molar-refractivity contribution in [3.8, 4) is 0 Å². The van der Waals surface area contributed by atoms with E-state index in [1.165, 1.54) is 5.56 Å². The van der Waals surface area contributed by atoms with Gasteiger partial charge in [-0.3, -0.25) is 0 Å². The quantitative estimate of drug-likeness (QED) is 0.788. The molecule has 0 N–H and O–H groups in total. The smallest absolute Gasteiger partial charge is 0.140 e. The van der Waals surface area contributed by atoms with Crippen molar-refractivity contribution in [2.75, 3.05) is 0 Å². The van der Waals surface area contributed by atoms with E-state index in [0.29, 0.717) is 5.92 Å². The van der Waals surface area contributed by atoms with Gasteiger partial charge in [-0.05, 0) is 18.4 Å². The van der Waals surface area contributed by atoms with Gasteiger partial charge >= 0.3 is 0 Å². The van der Waals surface area contributed by atoms with Gasteiger partial charge in [-0.25, -0.2) is 0 Å². The monoisotopic (exact) mass is 229 g/mol. The van der Waals surface area contributed by atoms with E-state index in [4.69, 9.17) is 0 Å². The lowest BCUT2D eigenvalue weighted by molar-refractivity contribution is 0.597. The molecule has 0 aliphatic rings. The number of rotatable bonds is 5. The zero-order valence-corrected chi connectivity index (χ0v) is 10.5. The molecule has 0 radical (unpaired) electrons. The minimum absolute atomic E-state index is 0.352. The normalized spacial score (nSPS) is 12.6. The van der Waals surface area contributed by atoms with Crippen molar-refractivity contribution < 1.29 is 0 Å². The predicted octanol–water partition coefficient (Wildman–Crippen LogP) is 3.23. The summed E-state index contributed by atoms with van der Waals surface area (Å²) >= 11 is 0. The highest BCUT2D eigenvalue weighted by Crippen LogP contribution is 2.25. The summed E-state index contributed by atoms with van der Waals surface area (Å²) in [5, 5.41) is 8.34. The number of hydrogen-bond acceptors (Lipinski definition) is 2. The van der Waals surface area contributed by atoms with Crippen LogP contribution in [0.5, 0.6) is 0 Å². The second-order valence-corrected chi connectivity index (χ2v) is 4.25. The standard InChI is InChI=1S/C14H19N3/c1-3-10-17-11-15-16-14(17)13(4-2)12-8-6-5-7-9-12/h5-9,11,13H,3-4,10H2,1-2H3. The molecule has 1 unspecified atom stereocenters. The molecule has 17 heavy (non-hydrogen) atoms. The summed E-state index contributed by atoms with van der Waals surface area (Å²) in [6.45, 7) is 5.36. The molecular formula is C14H19N3. The molecule has 0 saturated heterocycles. The van der Waals surface area contributed by atoms with Crippen LogP contribution in [0, 0.1) is 0 Å². The van der Waals surface area contributed by atoms with Crippen LogP contribution in [0.15, 0.2) is 36.7 Å². The Morgan fingerprint density at radius 3 is 2.59 bits per heavy atom. The van der Waals surface area contributed by atoms with Crippen LogP contribution in [0.2, 0.25) is 0 Å². The molecule has 0 bridgehead atoms. The lowest BCUT2D eigenvalue weighted by Gasteiger charge is -2.15. The largest absolute Gasteiger partial charge is 0.317 e. The van der Waals surface area contributed by atoms with Crippen LogP contribution >= 0.6 is 0 Å². The van der Waals surface area contributed by atoms with Gasteiger partial charge < -0.3 is 4.57 Å². The van der Waals surface area contributed by atoms with Crippen molar-refractivity contribution in [2.24, 2.45) is 0 Å². The Labute approximate surface area is 103 Å². The molecule has 0 spiro atoms. The second-order valence-electron chi connectivity index (χ2n) is 4.25. The van der Waals surface area contributed by atoms with E-state index in [-0.39, 0.29) is 0 Å². The van der Waals surface area contributed by atoms with E-state index in [1.807, 2.05) is 12.4 Å². The Morgan fingerprint density at radius 2 is 1.94 bits per heavy atom. The second kappa shape index (κ2) is 5.62. The molecule has 3 heteroatoms. The molecule has 0 fully saturated rings. The third-order valence-electron chi connectivity index (χ3n) is 3.03. The summed E-state index contributed by atoms with van der Waals surface area (Å²) in [6, 6.07) is 10.5. The maximum atomic E-state index is 4.30. The number of hydrogen-bond donors (Lipinski definition) is 0. The lowest BCUT2D eigenvalue weighted by Crippen LogP contribution is -2.09. The average molecular weight is 229 g/mol. The molecule has 0 aliphatic carbocycles. The van der Waals surface area contributed by atoms with E-state index < -0.39 is 0 Å². The summed E-state index contributed by atoms with van der Waals surface area (Å²) in [7, 11) is 0. The van der Waals surface area contributed by atoms with Crippen molar-refractivity contribution >= 4 is 0 Å². The topological polar surface area (TPSA) is 30.7 Å². The Kier molecular flexibility index (Phi) is 3.91. The third-order valence-corrected chi connectivity index (χ3v) is 3.03. The fourth-order valence-electron chi connectivity index (χ4n) is 2.20. The zero-order valence-electron chi connectivity index (χ0n) is 10.5. The van der Waals surface area contributed by atoms with Crippen molar-refractivity contribution in [1.82, 2.24) is 14.8 Å². The zero-order chi connectivity index (χ0) is 12.1. The number of nitrogens with zero attached hydrogens (tertiary/aromatic N) is 3. The summed E-state index contributed by atoms with van der Waals surface area (Å²) in [6.07, 6.45) is 3.99. The van der Waals surface area contributed by atoms with Gasteiger partial charge in [0.1, 0.15) is 12.2 Å². The molecule has 1 heterocycles. The first-order valence-corrected chi connectivity index (χ1v) is 6.29. The van der Waals surface area contributed by atoms with Gasteiger partial charge in [-0.2, -0.15) is 0 Å². The molecular weight excluding hydrogens is 210 g/mol. The first-order chi connectivity index (χ1) is 8.36. The van der Waals surface area contributed by atoms with Crippen LogP contribution in [0.1, 0.15) is 44.0 Å². The van der Waals surface area contributed by atoms with Gasteiger partial charge in [0, 0.05) is 12.5 Å². The third kappa shape index (κ3) is 2.54. The Hall–Kier alpha value is -1.64. The highest BCUT2D eigenvalue weighted by atomic mass is 15.3. The van der Waals surface area contributed by atoms with Gasteiger partial charge in [0.2, 0.25) is 0 Å². The van der Waals surface area contributed by atoms with Gasteiger partial charge in [-0.1, -0.05) is 44.2 Å². The van der Waals surface area contributed by atoms with E-state index >= 15 is 0 Å². The molecule has 0 aliphatic heterocycles. The van der Waals surface area contributed by atoms with E-state index in [2.05, 4.69) is 52.9 Å². The minimum Gasteiger partial charge on any atom is -0.317 e. The highest BCUT2D eigenvalue weighted by molar-refractivity contribution is 5.25. The lowest BCUT2D eigenvalue weighted by atomic mass is 9.95. The molecule has 2 rings (SSSR count). The molecule has 2 aromatic rings.